The van der Waals surface area contributed by atoms with Gasteiger partial charge in [0, 0.05) is 25.2 Å². The average Bonchev–Trinajstić information content (AvgIpc) is 2.31. The van der Waals surface area contributed by atoms with Crippen molar-refractivity contribution >= 4 is 0 Å². The Kier molecular flexibility index (Phi) is 4.00. The minimum absolute atomic E-state index is 0.267. The Morgan fingerprint density at radius 2 is 2.00 bits per heavy atom. The number of hydrogen-bond acceptors (Lipinski definition) is 3. The normalized spacial score (nSPS) is 35.6. The predicted octanol–water partition coefficient (Wildman–Crippen LogP) is 1.37. The first kappa shape index (κ1) is 11.4. The van der Waals surface area contributed by atoms with Crippen molar-refractivity contribution in [2.24, 2.45) is 5.73 Å². The van der Waals surface area contributed by atoms with E-state index in [0.29, 0.717) is 12.6 Å². The number of morpholine rings is 1. The van der Waals surface area contributed by atoms with Gasteiger partial charge in [-0.2, -0.15) is 0 Å². The summed E-state index contributed by atoms with van der Waals surface area (Å²) in [6, 6.07) is 1.38. The van der Waals surface area contributed by atoms with Crippen LogP contribution < -0.4 is 5.73 Å². The molecule has 1 saturated carbocycles. The maximum Gasteiger partial charge on any atom is 0.0824 e. The van der Waals surface area contributed by atoms with Gasteiger partial charge in [0.1, 0.15) is 0 Å². The topological polar surface area (TPSA) is 38.5 Å². The summed E-state index contributed by atoms with van der Waals surface area (Å²) in [7, 11) is 0. The Labute approximate surface area is 93.0 Å². The first-order valence-electron chi connectivity index (χ1n) is 6.38. The summed E-state index contributed by atoms with van der Waals surface area (Å²) < 4.78 is 5.69. The van der Waals surface area contributed by atoms with E-state index in [4.69, 9.17) is 10.5 Å². The molecule has 2 fully saturated rings. The molecule has 2 atom stereocenters. The Hall–Kier alpha value is -0.120. The van der Waals surface area contributed by atoms with Crippen molar-refractivity contribution in [3.8, 4) is 0 Å². The van der Waals surface area contributed by atoms with Crippen molar-refractivity contribution in [2.75, 3.05) is 19.7 Å². The van der Waals surface area contributed by atoms with Crippen LogP contribution in [0.5, 0.6) is 0 Å². The van der Waals surface area contributed by atoms with Crippen LogP contribution in [0.4, 0.5) is 0 Å². The Morgan fingerprint density at radius 1 is 1.27 bits per heavy atom. The van der Waals surface area contributed by atoms with Gasteiger partial charge in [-0.15, -0.1) is 0 Å². The van der Waals surface area contributed by atoms with Crippen LogP contribution in [0, 0.1) is 0 Å². The third-order valence-corrected chi connectivity index (χ3v) is 3.86. The molecule has 2 aliphatic rings. The molecule has 0 aromatic rings. The SMILES string of the molecule is CC1COC(CN)CN1C1CCCCC1. The van der Waals surface area contributed by atoms with E-state index in [9.17, 15) is 0 Å². The lowest BCUT2D eigenvalue weighted by Crippen LogP contribution is -2.54. The van der Waals surface area contributed by atoms with Crippen molar-refractivity contribution in [1.82, 2.24) is 4.90 Å². The highest BCUT2D eigenvalue weighted by molar-refractivity contribution is 4.85. The second-order valence-electron chi connectivity index (χ2n) is 5.03. The van der Waals surface area contributed by atoms with E-state index >= 15 is 0 Å². The zero-order valence-electron chi connectivity index (χ0n) is 9.82. The van der Waals surface area contributed by atoms with Gasteiger partial charge in [0.2, 0.25) is 0 Å². The van der Waals surface area contributed by atoms with E-state index in [0.717, 1.165) is 19.2 Å². The zero-order chi connectivity index (χ0) is 10.7. The molecule has 0 bridgehead atoms. The molecule has 0 amide bonds. The Bertz CT molecular complexity index is 192. The summed E-state index contributed by atoms with van der Waals surface area (Å²) >= 11 is 0. The van der Waals surface area contributed by atoms with Gasteiger partial charge in [0.15, 0.2) is 0 Å². The van der Waals surface area contributed by atoms with Crippen molar-refractivity contribution in [1.29, 1.82) is 0 Å². The maximum absolute atomic E-state index is 5.69. The van der Waals surface area contributed by atoms with E-state index in [1.54, 1.807) is 0 Å². The molecule has 3 heteroatoms. The fourth-order valence-corrected chi connectivity index (χ4v) is 2.90. The number of nitrogens with two attached hydrogens (primary N) is 1. The number of hydrogen-bond donors (Lipinski definition) is 1. The minimum Gasteiger partial charge on any atom is -0.374 e. The molecular weight excluding hydrogens is 188 g/mol. The first-order chi connectivity index (χ1) is 7.31. The molecular formula is C12H24N2O. The highest BCUT2D eigenvalue weighted by Crippen LogP contribution is 2.26. The summed E-state index contributed by atoms with van der Waals surface area (Å²) in [6.07, 6.45) is 7.26. The first-order valence-corrected chi connectivity index (χ1v) is 6.38. The lowest BCUT2D eigenvalue weighted by Gasteiger charge is -2.43. The molecule has 0 spiro atoms. The van der Waals surface area contributed by atoms with Crippen LogP contribution in [0.3, 0.4) is 0 Å². The van der Waals surface area contributed by atoms with Crippen molar-refractivity contribution in [3.05, 3.63) is 0 Å². The lowest BCUT2D eigenvalue weighted by atomic mass is 9.92. The summed E-state index contributed by atoms with van der Waals surface area (Å²) in [5.41, 5.74) is 5.69. The molecule has 2 N–H and O–H groups in total. The van der Waals surface area contributed by atoms with Crippen molar-refractivity contribution in [2.45, 2.75) is 57.2 Å². The molecule has 3 nitrogen and oxygen atoms in total. The molecule has 15 heavy (non-hydrogen) atoms. The van der Waals surface area contributed by atoms with E-state index < -0.39 is 0 Å². The minimum atomic E-state index is 0.267. The highest BCUT2D eigenvalue weighted by Gasteiger charge is 2.31. The number of rotatable bonds is 2. The molecule has 2 rings (SSSR count). The van der Waals surface area contributed by atoms with Crippen LogP contribution in [0.1, 0.15) is 39.0 Å². The Morgan fingerprint density at radius 3 is 2.67 bits per heavy atom. The van der Waals surface area contributed by atoms with Gasteiger partial charge in [-0.3, -0.25) is 4.90 Å². The maximum atomic E-state index is 5.69. The highest BCUT2D eigenvalue weighted by atomic mass is 16.5. The Balaban J connectivity index is 1.92. The molecule has 1 aliphatic heterocycles. The fourth-order valence-electron chi connectivity index (χ4n) is 2.90. The monoisotopic (exact) mass is 212 g/mol. The second kappa shape index (κ2) is 5.28. The third-order valence-electron chi connectivity index (χ3n) is 3.86. The van der Waals surface area contributed by atoms with E-state index in [2.05, 4.69) is 11.8 Å². The zero-order valence-corrected chi connectivity index (χ0v) is 9.82. The third kappa shape index (κ3) is 2.71. The van der Waals surface area contributed by atoms with Crippen LogP contribution in [0.2, 0.25) is 0 Å². The van der Waals surface area contributed by atoms with Gasteiger partial charge in [-0.05, 0) is 19.8 Å². The van der Waals surface area contributed by atoms with E-state index in [1.165, 1.54) is 32.1 Å². The van der Waals surface area contributed by atoms with Crippen LogP contribution >= 0.6 is 0 Å². The van der Waals surface area contributed by atoms with E-state index in [1.807, 2.05) is 0 Å². The molecule has 0 radical (unpaired) electrons. The standard InChI is InChI=1S/C12H24N2O/c1-10-9-15-12(7-13)8-14(10)11-5-3-2-4-6-11/h10-12H,2-9,13H2,1H3. The molecule has 2 unspecified atom stereocenters. The molecule has 1 aliphatic carbocycles. The van der Waals surface area contributed by atoms with Gasteiger partial charge in [-0.25, -0.2) is 0 Å². The molecule has 1 saturated heterocycles. The lowest BCUT2D eigenvalue weighted by molar-refractivity contribution is -0.0744. The molecule has 0 aromatic carbocycles. The van der Waals surface area contributed by atoms with Gasteiger partial charge < -0.3 is 10.5 Å². The van der Waals surface area contributed by atoms with Gasteiger partial charge in [-0.1, -0.05) is 19.3 Å². The summed E-state index contributed by atoms with van der Waals surface area (Å²) in [4.78, 5) is 2.64. The van der Waals surface area contributed by atoms with Gasteiger partial charge in [0.05, 0.1) is 12.7 Å². The van der Waals surface area contributed by atoms with Gasteiger partial charge in [0.25, 0.3) is 0 Å². The van der Waals surface area contributed by atoms with Crippen molar-refractivity contribution in [3.63, 3.8) is 0 Å². The fraction of sp³-hybridized carbons (Fsp3) is 1.00. The van der Waals surface area contributed by atoms with Crippen LogP contribution in [-0.4, -0.2) is 42.8 Å². The number of ether oxygens (including phenoxy) is 1. The molecule has 88 valence electrons. The number of nitrogens with zero attached hydrogens (tertiary/aromatic N) is 1. The predicted molar refractivity (Wildman–Crippen MR) is 61.8 cm³/mol. The molecule has 1 heterocycles. The van der Waals surface area contributed by atoms with E-state index in [-0.39, 0.29) is 6.10 Å². The average molecular weight is 212 g/mol. The van der Waals surface area contributed by atoms with Crippen LogP contribution in [0.25, 0.3) is 0 Å². The smallest absolute Gasteiger partial charge is 0.0824 e. The second-order valence-corrected chi connectivity index (χ2v) is 5.03. The quantitative estimate of drug-likeness (QED) is 0.751. The van der Waals surface area contributed by atoms with Crippen molar-refractivity contribution < 1.29 is 4.74 Å². The summed E-state index contributed by atoms with van der Waals surface area (Å²) in [5.74, 6) is 0. The van der Waals surface area contributed by atoms with Gasteiger partial charge >= 0.3 is 0 Å². The molecule has 0 aromatic heterocycles. The summed E-state index contributed by atoms with van der Waals surface area (Å²) in [6.45, 7) is 4.85. The summed E-state index contributed by atoms with van der Waals surface area (Å²) in [5, 5.41) is 0. The van der Waals surface area contributed by atoms with Crippen LogP contribution in [-0.2, 0) is 4.74 Å². The largest absolute Gasteiger partial charge is 0.374 e. The van der Waals surface area contributed by atoms with Crippen LogP contribution in [0.15, 0.2) is 0 Å².